The Morgan fingerprint density at radius 2 is 2.13 bits per heavy atom. The third kappa shape index (κ3) is 4.35. The summed E-state index contributed by atoms with van der Waals surface area (Å²) in [5, 5.41) is 3.30. The average Bonchev–Trinajstić information content (AvgIpc) is 2.26. The Hall–Kier alpha value is -0.340. The van der Waals surface area contributed by atoms with Gasteiger partial charge in [-0.15, -0.1) is 0 Å². The van der Waals surface area contributed by atoms with Crippen molar-refractivity contribution in [3.05, 3.63) is 11.6 Å². The molecule has 88 valence electrons. The van der Waals surface area contributed by atoms with E-state index < -0.39 is 0 Å². The van der Waals surface area contributed by atoms with Crippen molar-refractivity contribution in [2.45, 2.75) is 52.1 Å². The summed E-state index contributed by atoms with van der Waals surface area (Å²) in [7, 11) is 2.04. The topological polar surface area (TPSA) is 15.3 Å². The number of nitrogens with one attached hydrogen (secondary N) is 1. The fourth-order valence-corrected chi connectivity index (χ4v) is 2.01. The number of rotatable bonds is 5. The van der Waals surface area contributed by atoms with Gasteiger partial charge in [-0.3, -0.25) is 4.90 Å². The van der Waals surface area contributed by atoms with Crippen LogP contribution in [0.1, 0.15) is 40.0 Å². The van der Waals surface area contributed by atoms with Gasteiger partial charge in [0.25, 0.3) is 0 Å². The molecule has 1 unspecified atom stereocenters. The number of hydrogen-bond donors (Lipinski definition) is 1. The third-order valence-corrected chi connectivity index (χ3v) is 3.38. The van der Waals surface area contributed by atoms with Gasteiger partial charge in [-0.05, 0) is 47.1 Å². The third-order valence-electron chi connectivity index (χ3n) is 3.38. The molecule has 0 aromatic heterocycles. The van der Waals surface area contributed by atoms with E-state index in [9.17, 15) is 0 Å². The molecule has 1 aliphatic heterocycles. The van der Waals surface area contributed by atoms with E-state index in [1.165, 1.54) is 32.4 Å². The van der Waals surface area contributed by atoms with Crippen molar-refractivity contribution in [1.29, 1.82) is 0 Å². The Labute approximate surface area is 94.7 Å². The first-order valence-corrected chi connectivity index (χ1v) is 6.22. The highest BCUT2D eigenvalue weighted by Gasteiger charge is 2.15. The predicted molar refractivity (Wildman–Crippen MR) is 67.2 cm³/mol. The normalized spacial score (nSPS) is 20.5. The second-order valence-electron chi connectivity index (χ2n) is 4.94. The lowest BCUT2D eigenvalue weighted by atomic mass is 10.0. The molecule has 0 spiro atoms. The van der Waals surface area contributed by atoms with Crippen molar-refractivity contribution >= 4 is 0 Å². The van der Waals surface area contributed by atoms with Gasteiger partial charge < -0.3 is 5.32 Å². The molecule has 15 heavy (non-hydrogen) atoms. The smallest absolute Gasteiger partial charge is 0.0195 e. The standard InChI is InChI=1S/C13H26N2/c1-11(2)15-9-5-6-13(10-15)8-7-12(3)14-4/h6,11-12,14H,5,7-10H2,1-4H3. The maximum atomic E-state index is 3.30. The van der Waals surface area contributed by atoms with Crippen molar-refractivity contribution in [2.24, 2.45) is 0 Å². The van der Waals surface area contributed by atoms with Crippen LogP contribution in [0.15, 0.2) is 11.6 Å². The summed E-state index contributed by atoms with van der Waals surface area (Å²) < 4.78 is 0. The van der Waals surface area contributed by atoms with Crippen LogP contribution in [-0.2, 0) is 0 Å². The zero-order chi connectivity index (χ0) is 11.3. The second-order valence-corrected chi connectivity index (χ2v) is 4.94. The molecule has 0 radical (unpaired) electrons. The van der Waals surface area contributed by atoms with Gasteiger partial charge in [-0.25, -0.2) is 0 Å². The lowest BCUT2D eigenvalue weighted by Gasteiger charge is -2.31. The first kappa shape index (κ1) is 12.7. The van der Waals surface area contributed by atoms with Crippen LogP contribution in [0.25, 0.3) is 0 Å². The fourth-order valence-electron chi connectivity index (χ4n) is 2.01. The first-order chi connectivity index (χ1) is 7.13. The maximum absolute atomic E-state index is 3.30. The Morgan fingerprint density at radius 1 is 1.40 bits per heavy atom. The molecule has 0 saturated carbocycles. The van der Waals surface area contributed by atoms with Crippen LogP contribution in [0.4, 0.5) is 0 Å². The van der Waals surface area contributed by atoms with E-state index in [4.69, 9.17) is 0 Å². The second kappa shape index (κ2) is 6.29. The van der Waals surface area contributed by atoms with E-state index in [1.807, 2.05) is 7.05 Å². The van der Waals surface area contributed by atoms with Crippen LogP contribution in [0, 0.1) is 0 Å². The molecule has 0 bridgehead atoms. The van der Waals surface area contributed by atoms with Crippen molar-refractivity contribution in [2.75, 3.05) is 20.1 Å². The molecular weight excluding hydrogens is 184 g/mol. The molecule has 0 fully saturated rings. The molecule has 1 atom stereocenters. The Balaban J connectivity index is 2.33. The zero-order valence-electron chi connectivity index (χ0n) is 10.7. The van der Waals surface area contributed by atoms with Gasteiger partial charge in [0.05, 0.1) is 0 Å². The maximum Gasteiger partial charge on any atom is 0.0195 e. The minimum Gasteiger partial charge on any atom is -0.317 e. The Kier molecular flexibility index (Phi) is 5.34. The molecule has 2 heteroatoms. The molecule has 0 saturated heterocycles. The summed E-state index contributed by atoms with van der Waals surface area (Å²) in [6.45, 7) is 9.26. The van der Waals surface area contributed by atoms with Gasteiger partial charge in [0, 0.05) is 25.2 Å². The average molecular weight is 210 g/mol. The number of hydrogen-bond acceptors (Lipinski definition) is 2. The Bertz CT molecular complexity index is 209. The minimum absolute atomic E-state index is 0.639. The predicted octanol–water partition coefficient (Wildman–Crippen LogP) is 2.42. The molecule has 1 rings (SSSR count). The van der Waals surface area contributed by atoms with Crippen LogP contribution in [0.2, 0.25) is 0 Å². The molecule has 0 aromatic rings. The molecule has 0 amide bonds. The summed E-state index contributed by atoms with van der Waals surface area (Å²) >= 11 is 0. The van der Waals surface area contributed by atoms with Gasteiger partial charge in [-0.1, -0.05) is 11.6 Å². The molecular formula is C13H26N2. The molecule has 1 heterocycles. The van der Waals surface area contributed by atoms with Gasteiger partial charge in [0.2, 0.25) is 0 Å². The summed E-state index contributed by atoms with van der Waals surface area (Å²) in [5.41, 5.74) is 1.64. The van der Waals surface area contributed by atoms with E-state index >= 15 is 0 Å². The van der Waals surface area contributed by atoms with Gasteiger partial charge >= 0.3 is 0 Å². The van der Waals surface area contributed by atoms with Crippen LogP contribution >= 0.6 is 0 Å². The molecule has 1 aliphatic rings. The largest absolute Gasteiger partial charge is 0.317 e. The number of nitrogens with zero attached hydrogens (tertiary/aromatic N) is 1. The van der Waals surface area contributed by atoms with E-state index in [0.717, 1.165) is 0 Å². The minimum atomic E-state index is 0.639. The van der Waals surface area contributed by atoms with Crippen molar-refractivity contribution in [3.63, 3.8) is 0 Å². The van der Waals surface area contributed by atoms with E-state index in [1.54, 1.807) is 5.57 Å². The fraction of sp³-hybridized carbons (Fsp3) is 0.846. The summed E-state index contributed by atoms with van der Waals surface area (Å²) in [5.74, 6) is 0. The lowest BCUT2D eigenvalue weighted by molar-refractivity contribution is 0.232. The van der Waals surface area contributed by atoms with Crippen LogP contribution in [0.5, 0.6) is 0 Å². The highest BCUT2D eigenvalue weighted by Crippen LogP contribution is 2.17. The zero-order valence-corrected chi connectivity index (χ0v) is 10.7. The highest BCUT2D eigenvalue weighted by molar-refractivity contribution is 5.08. The monoisotopic (exact) mass is 210 g/mol. The van der Waals surface area contributed by atoms with E-state index in [-0.39, 0.29) is 0 Å². The quantitative estimate of drug-likeness (QED) is 0.701. The van der Waals surface area contributed by atoms with Crippen LogP contribution in [-0.4, -0.2) is 37.1 Å². The molecule has 1 N–H and O–H groups in total. The molecule has 0 aromatic carbocycles. The summed E-state index contributed by atoms with van der Waals surface area (Å²) in [6.07, 6.45) is 6.20. The summed E-state index contributed by atoms with van der Waals surface area (Å²) in [6, 6.07) is 1.33. The van der Waals surface area contributed by atoms with Crippen LogP contribution < -0.4 is 5.32 Å². The first-order valence-electron chi connectivity index (χ1n) is 6.22. The summed E-state index contributed by atoms with van der Waals surface area (Å²) in [4.78, 5) is 2.57. The lowest BCUT2D eigenvalue weighted by Crippen LogP contribution is -2.36. The van der Waals surface area contributed by atoms with E-state index in [2.05, 4.69) is 37.1 Å². The van der Waals surface area contributed by atoms with Gasteiger partial charge in [-0.2, -0.15) is 0 Å². The van der Waals surface area contributed by atoms with Crippen molar-refractivity contribution in [3.8, 4) is 0 Å². The van der Waals surface area contributed by atoms with E-state index in [0.29, 0.717) is 12.1 Å². The van der Waals surface area contributed by atoms with Crippen molar-refractivity contribution < 1.29 is 0 Å². The molecule has 2 nitrogen and oxygen atoms in total. The SMILES string of the molecule is CNC(C)CCC1=CCCN(C(C)C)C1. The van der Waals surface area contributed by atoms with Gasteiger partial charge in [0.1, 0.15) is 0 Å². The Morgan fingerprint density at radius 3 is 2.73 bits per heavy atom. The van der Waals surface area contributed by atoms with Gasteiger partial charge in [0.15, 0.2) is 0 Å². The van der Waals surface area contributed by atoms with Crippen LogP contribution in [0.3, 0.4) is 0 Å². The highest BCUT2D eigenvalue weighted by atomic mass is 15.1. The molecule has 0 aliphatic carbocycles. The van der Waals surface area contributed by atoms with Crippen molar-refractivity contribution in [1.82, 2.24) is 10.2 Å².